The number of carbonyl (C=O) groups excluding carboxylic acids is 1. The van der Waals surface area contributed by atoms with Crippen LogP contribution in [0.4, 0.5) is 0 Å². The van der Waals surface area contributed by atoms with E-state index in [0.29, 0.717) is 17.9 Å². The van der Waals surface area contributed by atoms with Gasteiger partial charge >= 0.3 is 0 Å². The average molecular weight is 254 g/mol. The van der Waals surface area contributed by atoms with E-state index in [9.17, 15) is 9.90 Å². The summed E-state index contributed by atoms with van der Waals surface area (Å²) in [6.07, 6.45) is 4.18. The van der Waals surface area contributed by atoms with Crippen molar-refractivity contribution < 1.29 is 9.90 Å². The lowest BCUT2D eigenvalue weighted by Gasteiger charge is -2.36. The van der Waals surface area contributed by atoms with Crippen LogP contribution >= 0.6 is 0 Å². The molecule has 0 spiro atoms. The molecule has 104 valence electrons. The number of likely N-dealkylation sites (tertiary alicyclic amines) is 1. The van der Waals surface area contributed by atoms with Crippen molar-refractivity contribution in [3.05, 3.63) is 0 Å². The Balaban J connectivity index is 1.74. The molecule has 0 radical (unpaired) electrons. The Kier molecular flexibility index (Phi) is 3.97. The fraction of sp³-hybridized carbons (Fsp3) is 0.929. The zero-order valence-electron chi connectivity index (χ0n) is 11.8. The van der Waals surface area contributed by atoms with E-state index in [4.69, 9.17) is 0 Å². The first kappa shape index (κ1) is 13.8. The molecule has 4 heteroatoms. The summed E-state index contributed by atoms with van der Waals surface area (Å²) in [7, 11) is 0. The number of hydrogen-bond donors (Lipinski definition) is 2. The van der Waals surface area contributed by atoms with Gasteiger partial charge in [-0.2, -0.15) is 0 Å². The van der Waals surface area contributed by atoms with Crippen LogP contribution in [-0.4, -0.2) is 46.7 Å². The summed E-state index contributed by atoms with van der Waals surface area (Å²) in [5.74, 6) is 0.703. The molecule has 2 N–H and O–H groups in total. The fourth-order valence-electron chi connectivity index (χ4n) is 2.41. The fourth-order valence-corrected chi connectivity index (χ4v) is 2.41. The summed E-state index contributed by atoms with van der Waals surface area (Å²) < 4.78 is 0. The number of carbonyl (C=O) groups is 1. The summed E-state index contributed by atoms with van der Waals surface area (Å²) in [6, 6.07) is 0.503. The van der Waals surface area contributed by atoms with Crippen molar-refractivity contribution in [1.29, 1.82) is 0 Å². The topological polar surface area (TPSA) is 52.6 Å². The van der Waals surface area contributed by atoms with Crippen LogP contribution < -0.4 is 5.32 Å². The molecule has 0 aromatic carbocycles. The Labute approximate surface area is 110 Å². The Morgan fingerprint density at radius 3 is 2.28 bits per heavy atom. The molecule has 1 unspecified atom stereocenters. The first-order valence-electron chi connectivity index (χ1n) is 7.15. The second kappa shape index (κ2) is 5.17. The number of aliphatic hydroxyl groups is 1. The predicted octanol–water partition coefficient (Wildman–Crippen LogP) is 1.14. The number of nitrogens with one attached hydrogen (secondary N) is 1. The van der Waals surface area contributed by atoms with Gasteiger partial charge in [0.1, 0.15) is 0 Å². The van der Waals surface area contributed by atoms with Gasteiger partial charge in [-0.1, -0.05) is 0 Å². The van der Waals surface area contributed by atoms with Crippen LogP contribution in [0.5, 0.6) is 0 Å². The molecule has 18 heavy (non-hydrogen) atoms. The summed E-state index contributed by atoms with van der Waals surface area (Å²) >= 11 is 0. The van der Waals surface area contributed by atoms with Gasteiger partial charge in [0, 0.05) is 31.1 Å². The molecule has 1 amide bonds. The highest BCUT2D eigenvalue weighted by Gasteiger charge is 2.35. The Morgan fingerprint density at radius 2 is 1.83 bits per heavy atom. The zero-order valence-corrected chi connectivity index (χ0v) is 11.8. The predicted molar refractivity (Wildman–Crippen MR) is 71.2 cm³/mol. The molecule has 0 aromatic heterocycles. The lowest BCUT2D eigenvalue weighted by molar-refractivity contribution is -0.133. The highest BCUT2D eigenvalue weighted by atomic mass is 16.3. The standard InChI is InChI=1S/C14H26N2O2/c1-10(14(2,3)18)15-12-6-8-16(9-7-12)13(17)11-4-5-11/h10-12,15,18H,4-9H2,1-3H3. The summed E-state index contributed by atoms with van der Waals surface area (Å²) in [5.41, 5.74) is -0.693. The third-order valence-corrected chi connectivity index (χ3v) is 4.28. The van der Waals surface area contributed by atoms with E-state index in [-0.39, 0.29) is 6.04 Å². The van der Waals surface area contributed by atoms with Crippen molar-refractivity contribution in [2.24, 2.45) is 5.92 Å². The van der Waals surface area contributed by atoms with Gasteiger partial charge in [0.2, 0.25) is 5.91 Å². The number of hydrogen-bond acceptors (Lipinski definition) is 3. The van der Waals surface area contributed by atoms with Crippen LogP contribution in [0, 0.1) is 5.92 Å². The molecule has 1 heterocycles. The van der Waals surface area contributed by atoms with E-state index in [1.165, 1.54) is 0 Å². The van der Waals surface area contributed by atoms with E-state index in [1.807, 2.05) is 25.7 Å². The highest BCUT2D eigenvalue weighted by molar-refractivity contribution is 5.81. The van der Waals surface area contributed by atoms with Crippen molar-refractivity contribution in [2.45, 2.75) is 64.1 Å². The molecular weight excluding hydrogens is 228 g/mol. The second-order valence-corrected chi connectivity index (χ2v) is 6.42. The maximum Gasteiger partial charge on any atom is 0.225 e. The van der Waals surface area contributed by atoms with Crippen LogP contribution in [0.25, 0.3) is 0 Å². The largest absolute Gasteiger partial charge is 0.389 e. The van der Waals surface area contributed by atoms with Gasteiger partial charge in [-0.15, -0.1) is 0 Å². The Bertz CT molecular complexity index is 299. The minimum atomic E-state index is -0.693. The normalized spacial score (nSPS) is 24.1. The Morgan fingerprint density at radius 1 is 1.28 bits per heavy atom. The maximum atomic E-state index is 11.9. The van der Waals surface area contributed by atoms with Crippen LogP contribution in [0.2, 0.25) is 0 Å². The van der Waals surface area contributed by atoms with Crippen LogP contribution in [0.1, 0.15) is 46.5 Å². The summed E-state index contributed by atoms with van der Waals surface area (Å²) in [5, 5.41) is 13.4. The van der Waals surface area contributed by atoms with Crippen LogP contribution in [-0.2, 0) is 4.79 Å². The zero-order chi connectivity index (χ0) is 13.3. The minimum absolute atomic E-state index is 0.0770. The second-order valence-electron chi connectivity index (χ2n) is 6.42. The van der Waals surface area contributed by atoms with Gasteiger partial charge in [-0.05, 0) is 46.5 Å². The number of piperidine rings is 1. The molecule has 1 aliphatic heterocycles. The molecule has 2 fully saturated rings. The number of amides is 1. The van der Waals surface area contributed by atoms with Crippen molar-refractivity contribution in [1.82, 2.24) is 10.2 Å². The van der Waals surface area contributed by atoms with E-state index >= 15 is 0 Å². The van der Waals surface area contributed by atoms with Crippen molar-refractivity contribution in [3.63, 3.8) is 0 Å². The molecule has 1 aliphatic carbocycles. The van der Waals surface area contributed by atoms with Gasteiger partial charge in [-0.25, -0.2) is 0 Å². The van der Waals surface area contributed by atoms with Crippen molar-refractivity contribution in [3.8, 4) is 0 Å². The Hall–Kier alpha value is -0.610. The molecule has 2 rings (SSSR count). The molecule has 0 bridgehead atoms. The maximum absolute atomic E-state index is 11.9. The van der Waals surface area contributed by atoms with Gasteiger partial charge in [0.05, 0.1) is 5.60 Å². The third-order valence-electron chi connectivity index (χ3n) is 4.28. The lowest BCUT2D eigenvalue weighted by atomic mass is 9.97. The molecular formula is C14H26N2O2. The van der Waals surface area contributed by atoms with E-state index in [0.717, 1.165) is 38.8 Å². The number of rotatable bonds is 4. The SMILES string of the molecule is CC(NC1CCN(C(=O)C2CC2)CC1)C(C)(C)O. The third kappa shape index (κ3) is 3.45. The molecule has 0 aromatic rings. The molecule has 1 atom stereocenters. The minimum Gasteiger partial charge on any atom is -0.389 e. The van der Waals surface area contributed by atoms with E-state index < -0.39 is 5.60 Å². The van der Waals surface area contributed by atoms with E-state index in [1.54, 1.807) is 0 Å². The molecule has 2 aliphatic rings. The van der Waals surface area contributed by atoms with Gasteiger partial charge in [-0.3, -0.25) is 4.79 Å². The quantitative estimate of drug-likeness (QED) is 0.791. The first-order chi connectivity index (χ1) is 8.38. The molecule has 1 saturated heterocycles. The average Bonchev–Trinajstić information content (AvgIpc) is 3.11. The first-order valence-corrected chi connectivity index (χ1v) is 7.15. The van der Waals surface area contributed by atoms with Crippen LogP contribution in [0.15, 0.2) is 0 Å². The van der Waals surface area contributed by atoms with Gasteiger partial charge in [0.25, 0.3) is 0 Å². The summed E-state index contributed by atoms with van der Waals surface area (Å²) in [6.45, 7) is 7.41. The van der Waals surface area contributed by atoms with E-state index in [2.05, 4.69) is 5.32 Å². The highest BCUT2D eigenvalue weighted by Crippen LogP contribution is 2.31. The number of nitrogens with zero attached hydrogens (tertiary/aromatic N) is 1. The van der Waals surface area contributed by atoms with Gasteiger partial charge < -0.3 is 15.3 Å². The smallest absolute Gasteiger partial charge is 0.225 e. The van der Waals surface area contributed by atoms with Crippen LogP contribution in [0.3, 0.4) is 0 Å². The van der Waals surface area contributed by atoms with Gasteiger partial charge in [0.15, 0.2) is 0 Å². The lowest BCUT2D eigenvalue weighted by Crippen LogP contribution is -2.52. The van der Waals surface area contributed by atoms with Crippen molar-refractivity contribution in [2.75, 3.05) is 13.1 Å². The molecule has 4 nitrogen and oxygen atoms in total. The summed E-state index contributed by atoms with van der Waals surface area (Å²) in [4.78, 5) is 13.9. The monoisotopic (exact) mass is 254 g/mol. The van der Waals surface area contributed by atoms with Crippen molar-refractivity contribution >= 4 is 5.91 Å². The molecule has 1 saturated carbocycles.